The lowest BCUT2D eigenvalue weighted by molar-refractivity contribution is 0.0871. The van der Waals surface area contributed by atoms with Crippen molar-refractivity contribution in [3.05, 3.63) is 65.7 Å². The first-order valence-corrected chi connectivity index (χ1v) is 7.90. The molecule has 0 fully saturated rings. The summed E-state index contributed by atoms with van der Waals surface area (Å²) in [5.74, 6) is -0.428. The maximum atomic E-state index is 12.1. The molecule has 2 amide bonds. The zero-order valence-corrected chi connectivity index (χ0v) is 13.8. The monoisotopic (exact) mass is 326 g/mol. The highest BCUT2D eigenvalue weighted by Crippen LogP contribution is 2.10. The highest BCUT2D eigenvalue weighted by molar-refractivity contribution is 6.05. The zero-order valence-electron chi connectivity index (χ0n) is 13.8. The van der Waals surface area contributed by atoms with Crippen LogP contribution in [0.2, 0.25) is 0 Å². The van der Waals surface area contributed by atoms with Gasteiger partial charge >= 0.3 is 0 Å². The van der Waals surface area contributed by atoms with Gasteiger partial charge in [0.05, 0.1) is 6.10 Å². The molecule has 3 N–H and O–H groups in total. The van der Waals surface area contributed by atoms with Crippen molar-refractivity contribution < 1.29 is 14.7 Å². The Labute approximate surface area is 141 Å². The molecule has 5 heteroatoms. The van der Waals surface area contributed by atoms with Gasteiger partial charge in [0.15, 0.2) is 0 Å². The highest BCUT2D eigenvalue weighted by atomic mass is 16.3. The Kier molecular flexibility index (Phi) is 6.09. The Morgan fingerprint density at radius 2 is 1.46 bits per heavy atom. The summed E-state index contributed by atoms with van der Waals surface area (Å²) in [7, 11) is 0. The fourth-order valence-electron chi connectivity index (χ4n) is 2.03. The standard InChI is InChI=1S/C19H22N2O3/c1-13(2)17(22)12-20-18(23)14-8-10-15(11-9-14)19(24)21-16-6-4-3-5-7-16/h3-11,13,17,22H,12H2,1-2H3,(H,20,23)(H,21,24). The number of para-hydroxylation sites is 1. The lowest BCUT2D eigenvalue weighted by Crippen LogP contribution is -2.34. The van der Waals surface area contributed by atoms with E-state index in [0.717, 1.165) is 0 Å². The largest absolute Gasteiger partial charge is 0.391 e. The van der Waals surface area contributed by atoms with E-state index in [9.17, 15) is 14.7 Å². The fraction of sp³-hybridized carbons (Fsp3) is 0.263. The second-order valence-electron chi connectivity index (χ2n) is 5.92. The Morgan fingerprint density at radius 3 is 2.00 bits per heavy atom. The SMILES string of the molecule is CC(C)C(O)CNC(=O)c1ccc(C(=O)Nc2ccccc2)cc1. The molecular formula is C19H22N2O3. The van der Waals surface area contributed by atoms with Crippen LogP contribution in [-0.2, 0) is 0 Å². The van der Waals surface area contributed by atoms with Crippen LogP contribution >= 0.6 is 0 Å². The third kappa shape index (κ3) is 4.93. The molecule has 2 aromatic rings. The lowest BCUT2D eigenvalue weighted by atomic mass is 10.1. The number of hydrogen-bond donors (Lipinski definition) is 3. The molecule has 0 saturated heterocycles. The minimum Gasteiger partial charge on any atom is -0.391 e. The molecule has 1 unspecified atom stereocenters. The van der Waals surface area contributed by atoms with E-state index in [2.05, 4.69) is 10.6 Å². The second kappa shape index (κ2) is 8.26. The summed E-state index contributed by atoms with van der Waals surface area (Å²) in [4.78, 5) is 24.2. The third-order valence-corrected chi connectivity index (χ3v) is 3.68. The Balaban J connectivity index is 1.94. The van der Waals surface area contributed by atoms with Gasteiger partial charge < -0.3 is 15.7 Å². The van der Waals surface area contributed by atoms with Gasteiger partial charge in [-0.25, -0.2) is 0 Å². The van der Waals surface area contributed by atoms with Gasteiger partial charge in [0.25, 0.3) is 11.8 Å². The molecule has 0 aromatic heterocycles. The number of rotatable bonds is 6. The Hall–Kier alpha value is -2.66. The number of amides is 2. The number of benzene rings is 2. The first-order chi connectivity index (χ1) is 11.5. The van der Waals surface area contributed by atoms with Gasteiger partial charge in [0.2, 0.25) is 0 Å². The summed E-state index contributed by atoms with van der Waals surface area (Å²) in [6.07, 6.45) is -0.579. The van der Waals surface area contributed by atoms with E-state index in [-0.39, 0.29) is 24.3 Å². The maximum absolute atomic E-state index is 12.1. The number of nitrogens with one attached hydrogen (secondary N) is 2. The molecule has 5 nitrogen and oxygen atoms in total. The number of carbonyl (C=O) groups is 2. The van der Waals surface area contributed by atoms with E-state index in [1.807, 2.05) is 32.0 Å². The summed E-state index contributed by atoms with van der Waals surface area (Å²) in [5.41, 5.74) is 1.63. The average Bonchev–Trinajstić information content (AvgIpc) is 2.60. The number of hydrogen-bond acceptors (Lipinski definition) is 3. The molecule has 1 atom stereocenters. The number of aliphatic hydroxyl groups excluding tert-OH is 1. The molecule has 0 bridgehead atoms. The average molecular weight is 326 g/mol. The molecular weight excluding hydrogens is 304 g/mol. The molecule has 0 aliphatic carbocycles. The van der Waals surface area contributed by atoms with Crippen molar-refractivity contribution >= 4 is 17.5 Å². The third-order valence-electron chi connectivity index (χ3n) is 3.68. The quantitative estimate of drug-likeness (QED) is 0.764. The molecule has 0 aliphatic rings. The second-order valence-corrected chi connectivity index (χ2v) is 5.92. The van der Waals surface area contributed by atoms with Crippen LogP contribution in [0.4, 0.5) is 5.69 Å². The molecule has 0 spiro atoms. The summed E-state index contributed by atoms with van der Waals surface area (Å²) in [6.45, 7) is 3.97. The van der Waals surface area contributed by atoms with Crippen LogP contribution in [-0.4, -0.2) is 29.6 Å². The van der Waals surface area contributed by atoms with Crippen molar-refractivity contribution in [2.75, 3.05) is 11.9 Å². The zero-order chi connectivity index (χ0) is 17.5. The van der Waals surface area contributed by atoms with E-state index >= 15 is 0 Å². The molecule has 24 heavy (non-hydrogen) atoms. The van der Waals surface area contributed by atoms with Gasteiger partial charge in [0, 0.05) is 23.4 Å². The van der Waals surface area contributed by atoms with E-state index in [1.165, 1.54) is 0 Å². The van der Waals surface area contributed by atoms with Crippen molar-refractivity contribution in [1.82, 2.24) is 5.32 Å². The molecule has 0 heterocycles. The molecule has 0 aliphatic heterocycles. The number of anilines is 1. The fourth-order valence-corrected chi connectivity index (χ4v) is 2.03. The number of aliphatic hydroxyl groups is 1. The molecule has 0 radical (unpaired) electrons. The molecule has 2 aromatic carbocycles. The van der Waals surface area contributed by atoms with Crippen LogP contribution in [0.3, 0.4) is 0 Å². The maximum Gasteiger partial charge on any atom is 0.255 e. The molecule has 126 valence electrons. The molecule has 2 rings (SSSR count). The van der Waals surface area contributed by atoms with E-state index in [4.69, 9.17) is 0 Å². The summed E-state index contributed by atoms with van der Waals surface area (Å²) >= 11 is 0. The van der Waals surface area contributed by atoms with Crippen LogP contribution in [0.25, 0.3) is 0 Å². The van der Waals surface area contributed by atoms with Crippen LogP contribution in [0.1, 0.15) is 34.6 Å². The predicted octanol–water partition coefficient (Wildman–Crippen LogP) is 2.69. The van der Waals surface area contributed by atoms with Crippen molar-refractivity contribution in [2.24, 2.45) is 5.92 Å². The Bertz CT molecular complexity index is 682. The van der Waals surface area contributed by atoms with Crippen LogP contribution in [0, 0.1) is 5.92 Å². The van der Waals surface area contributed by atoms with E-state index in [0.29, 0.717) is 16.8 Å². The van der Waals surface area contributed by atoms with Gasteiger partial charge in [-0.15, -0.1) is 0 Å². The summed E-state index contributed by atoms with van der Waals surface area (Å²) in [5, 5.41) is 15.2. The van der Waals surface area contributed by atoms with Crippen molar-refractivity contribution in [1.29, 1.82) is 0 Å². The first kappa shape index (κ1) is 17.7. The van der Waals surface area contributed by atoms with E-state index < -0.39 is 6.10 Å². The molecule has 0 saturated carbocycles. The van der Waals surface area contributed by atoms with Crippen LogP contribution in [0.15, 0.2) is 54.6 Å². The van der Waals surface area contributed by atoms with Gasteiger partial charge in [-0.05, 0) is 42.3 Å². The summed E-state index contributed by atoms with van der Waals surface area (Å²) in [6, 6.07) is 15.6. The first-order valence-electron chi connectivity index (χ1n) is 7.90. The van der Waals surface area contributed by atoms with Crippen molar-refractivity contribution in [2.45, 2.75) is 20.0 Å². The van der Waals surface area contributed by atoms with Gasteiger partial charge in [-0.2, -0.15) is 0 Å². The summed E-state index contributed by atoms with van der Waals surface area (Å²) < 4.78 is 0. The van der Waals surface area contributed by atoms with Crippen LogP contribution in [0.5, 0.6) is 0 Å². The topological polar surface area (TPSA) is 78.4 Å². The lowest BCUT2D eigenvalue weighted by Gasteiger charge is -2.15. The Morgan fingerprint density at radius 1 is 0.917 bits per heavy atom. The normalized spacial score (nSPS) is 11.8. The minimum absolute atomic E-state index is 0.0781. The van der Waals surface area contributed by atoms with Gasteiger partial charge in [0.1, 0.15) is 0 Å². The predicted molar refractivity (Wildman–Crippen MR) is 94.0 cm³/mol. The van der Waals surface area contributed by atoms with Gasteiger partial charge in [-0.1, -0.05) is 32.0 Å². The van der Waals surface area contributed by atoms with Crippen LogP contribution < -0.4 is 10.6 Å². The smallest absolute Gasteiger partial charge is 0.255 e. The number of carbonyl (C=O) groups excluding carboxylic acids is 2. The van der Waals surface area contributed by atoms with Gasteiger partial charge in [-0.3, -0.25) is 9.59 Å². The highest BCUT2D eigenvalue weighted by Gasteiger charge is 2.13. The van der Waals surface area contributed by atoms with Crippen molar-refractivity contribution in [3.63, 3.8) is 0 Å². The van der Waals surface area contributed by atoms with E-state index in [1.54, 1.807) is 36.4 Å². The minimum atomic E-state index is -0.579. The van der Waals surface area contributed by atoms with Crippen molar-refractivity contribution in [3.8, 4) is 0 Å².